The van der Waals surface area contributed by atoms with Gasteiger partial charge in [-0.1, -0.05) is 0 Å². The molecule has 0 saturated heterocycles. The van der Waals surface area contributed by atoms with Crippen molar-refractivity contribution in [3.63, 3.8) is 0 Å². The van der Waals surface area contributed by atoms with Crippen LogP contribution in [0.4, 0.5) is 5.82 Å². The molecular formula is C8H15N3O. The zero-order chi connectivity index (χ0) is 8.97. The third-order valence-corrected chi connectivity index (χ3v) is 1.67. The zero-order valence-corrected chi connectivity index (χ0v) is 7.27. The second-order valence-electron chi connectivity index (χ2n) is 2.99. The van der Waals surface area contributed by atoms with Gasteiger partial charge in [-0.2, -0.15) is 5.10 Å². The number of nitrogens with zero attached hydrogens (tertiary/aromatic N) is 2. The number of nitrogen functional groups attached to an aromatic ring is 1. The Balaban J connectivity index is 2.24. The summed E-state index contributed by atoms with van der Waals surface area (Å²) in [6, 6.07) is 1.77. The highest BCUT2D eigenvalue weighted by atomic mass is 16.3. The Morgan fingerprint density at radius 2 is 2.50 bits per heavy atom. The largest absolute Gasteiger partial charge is 0.393 e. The van der Waals surface area contributed by atoms with Crippen molar-refractivity contribution in [3.8, 4) is 0 Å². The van der Waals surface area contributed by atoms with Gasteiger partial charge in [-0.3, -0.25) is 4.68 Å². The van der Waals surface area contributed by atoms with Crippen LogP contribution in [0.25, 0.3) is 0 Å². The van der Waals surface area contributed by atoms with Crippen LogP contribution in [0.2, 0.25) is 0 Å². The molecule has 0 amide bonds. The lowest BCUT2D eigenvalue weighted by Gasteiger charge is -2.03. The van der Waals surface area contributed by atoms with Crippen molar-refractivity contribution in [1.29, 1.82) is 0 Å². The molecule has 1 aromatic rings. The van der Waals surface area contributed by atoms with Crippen LogP contribution in [-0.4, -0.2) is 21.0 Å². The van der Waals surface area contributed by atoms with Gasteiger partial charge in [0, 0.05) is 12.7 Å². The van der Waals surface area contributed by atoms with Crippen LogP contribution in [-0.2, 0) is 6.54 Å². The topological polar surface area (TPSA) is 64.1 Å². The Bertz CT molecular complexity index is 232. The maximum absolute atomic E-state index is 8.98. The molecule has 0 bridgehead atoms. The molecule has 0 aliphatic carbocycles. The molecule has 0 aromatic carbocycles. The summed E-state index contributed by atoms with van der Waals surface area (Å²) in [7, 11) is 0. The van der Waals surface area contributed by atoms with E-state index in [0.717, 1.165) is 19.4 Å². The standard InChI is InChI=1S/C8H15N3O/c1-7(12)3-2-5-11-6-4-8(9)10-11/h4,6-7,12H,2-3,5H2,1H3,(H2,9,10). The first-order valence-corrected chi connectivity index (χ1v) is 4.15. The molecule has 4 heteroatoms. The molecule has 0 aliphatic heterocycles. The number of aromatic nitrogens is 2. The molecule has 0 aliphatic rings. The molecular weight excluding hydrogens is 154 g/mol. The zero-order valence-electron chi connectivity index (χ0n) is 7.27. The van der Waals surface area contributed by atoms with Gasteiger partial charge in [0.2, 0.25) is 0 Å². The lowest BCUT2D eigenvalue weighted by Crippen LogP contribution is -2.04. The van der Waals surface area contributed by atoms with Crippen molar-refractivity contribution >= 4 is 5.82 Å². The van der Waals surface area contributed by atoms with Crippen LogP contribution in [0, 0.1) is 0 Å². The summed E-state index contributed by atoms with van der Waals surface area (Å²) in [5, 5.41) is 13.0. The number of anilines is 1. The van der Waals surface area contributed by atoms with Crippen LogP contribution < -0.4 is 5.73 Å². The molecule has 68 valence electrons. The number of aliphatic hydroxyl groups is 1. The molecule has 1 rings (SSSR count). The molecule has 12 heavy (non-hydrogen) atoms. The fraction of sp³-hybridized carbons (Fsp3) is 0.625. The monoisotopic (exact) mass is 169 g/mol. The summed E-state index contributed by atoms with van der Waals surface area (Å²) in [6.45, 7) is 2.61. The summed E-state index contributed by atoms with van der Waals surface area (Å²) >= 11 is 0. The molecule has 0 radical (unpaired) electrons. The Kier molecular flexibility index (Phi) is 3.10. The number of aliphatic hydroxyl groups excluding tert-OH is 1. The van der Waals surface area contributed by atoms with Gasteiger partial charge in [-0.05, 0) is 25.8 Å². The van der Waals surface area contributed by atoms with Gasteiger partial charge < -0.3 is 10.8 Å². The normalized spacial score (nSPS) is 13.2. The minimum absolute atomic E-state index is 0.224. The van der Waals surface area contributed by atoms with Crippen LogP contribution in [0.1, 0.15) is 19.8 Å². The Hall–Kier alpha value is -1.03. The number of aryl methyl sites for hydroxylation is 1. The van der Waals surface area contributed by atoms with E-state index < -0.39 is 0 Å². The molecule has 0 fully saturated rings. The van der Waals surface area contributed by atoms with Gasteiger partial charge in [0.15, 0.2) is 0 Å². The van der Waals surface area contributed by atoms with E-state index in [-0.39, 0.29) is 6.10 Å². The van der Waals surface area contributed by atoms with Gasteiger partial charge in [-0.25, -0.2) is 0 Å². The van der Waals surface area contributed by atoms with E-state index in [9.17, 15) is 0 Å². The molecule has 1 heterocycles. The maximum Gasteiger partial charge on any atom is 0.145 e. The number of hydrogen-bond donors (Lipinski definition) is 2. The molecule has 0 spiro atoms. The Morgan fingerprint density at radius 3 is 3.00 bits per heavy atom. The van der Waals surface area contributed by atoms with Gasteiger partial charge in [-0.15, -0.1) is 0 Å². The van der Waals surface area contributed by atoms with Gasteiger partial charge in [0.05, 0.1) is 6.10 Å². The van der Waals surface area contributed by atoms with Crippen molar-refractivity contribution in [1.82, 2.24) is 9.78 Å². The van der Waals surface area contributed by atoms with Crippen molar-refractivity contribution < 1.29 is 5.11 Å². The fourth-order valence-electron chi connectivity index (χ4n) is 1.05. The van der Waals surface area contributed by atoms with Gasteiger partial charge in [0.25, 0.3) is 0 Å². The Labute approximate surface area is 72.0 Å². The van der Waals surface area contributed by atoms with Gasteiger partial charge in [0.1, 0.15) is 5.82 Å². The average molecular weight is 169 g/mol. The van der Waals surface area contributed by atoms with E-state index in [1.807, 2.05) is 6.20 Å². The van der Waals surface area contributed by atoms with E-state index in [0.29, 0.717) is 5.82 Å². The first-order chi connectivity index (χ1) is 5.68. The quantitative estimate of drug-likeness (QED) is 0.694. The van der Waals surface area contributed by atoms with Crippen LogP contribution in [0.15, 0.2) is 12.3 Å². The van der Waals surface area contributed by atoms with Crippen LogP contribution in [0.3, 0.4) is 0 Å². The summed E-state index contributed by atoms with van der Waals surface area (Å²) < 4.78 is 1.79. The highest BCUT2D eigenvalue weighted by Crippen LogP contribution is 2.01. The molecule has 4 nitrogen and oxygen atoms in total. The Morgan fingerprint density at radius 1 is 1.75 bits per heavy atom. The van der Waals surface area contributed by atoms with Crippen LogP contribution >= 0.6 is 0 Å². The number of hydrogen-bond acceptors (Lipinski definition) is 3. The second-order valence-corrected chi connectivity index (χ2v) is 2.99. The van der Waals surface area contributed by atoms with E-state index in [1.165, 1.54) is 0 Å². The highest BCUT2D eigenvalue weighted by Gasteiger charge is 1.97. The predicted octanol–water partition coefficient (Wildman–Crippen LogP) is 0.626. The highest BCUT2D eigenvalue weighted by molar-refractivity contribution is 5.23. The minimum Gasteiger partial charge on any atom is -0.393 e. The van der Waals surface area contributed by atoms with Crippen molar-refractivity contribution in [2.24, 2.45) is 0 Å². The van der Waals surface area contributed by atoms with Crippen molar-refractivity contribution in [2.75, 3.05) is 5.73 Å². The lowest BCUT2D eigenvalue weighted by atomic mass is 10.2. The summed E-state index contributed by atoms with van der Waals surface area (Å²) in [5.41, 5.74) is 5.43. The summed E-state index contributed by atoms with van der Waals surface area (Å²) in [4.78, 5) is 0. The van der Waals surface area contributed by atoms with E-state index in [4.69, 9.17) is 10.8 Å². The average Bonchev–Trinajstić information content (AvgIpc) is 2.35. The smallest absolute Gasteiger partial charge is 0.145 e. The van der Waals surface area contributed by atoms with Crippen molar-refractivity contribution in [2.45, 2.75) is 32.4 Å². The van der Waals surface area contributed by atoms with Crippen molar-refractivity contribution in [3.05, 3.63) is 12.3 Å². The molecule has 1 atom stereocenters. The van der Waals surface area contributed by atoms with E-state index in [2.05, 4.69) is 5.10 Å². The van der Waals surface area contributed by atoms with E-state index >= 15 is 0 Å². The fourth-order valence-corrected chi connectivity index (χ4v) is 1.05. The van der Waals surface area contributed by atoms with Crippen LogP contribution in [0.5, 0.6) is 0 Å². The summed E-state index contributed by atoms with van der Waals surface area (Å²) in [6.07, 6.45) is 3.36. The third-order valence-electron chi connectivity index (χ3n) is 1.67. The molecule has 1 unspecified atom stereocenters. The second kappa shape index (κ2) is 4.11. The number of nitrogens with two attached hydrogens (primary N) is 1. The maximum atomic E-state index is 8.98. The lowest BCUT2D eigenvalue weighted by molar-refractivity contribution is 0.179. The minimum atomic E-state index is -0.224. The first kappa shape index (κ1) is 9.06. The predicted molar refractivity (Wildman–Crippen MR) is 47.6 cm³/mol. The molecule has 3 N–H and O–H groups in total. The first-order valence-electron chi connectivity index (χ1n) is 4.15. The molecule has 1 aromatic heterocycles. The summed E-state index contributed by atoms with van der Waals surface area (Å²) in [5.74, 6) is 0.548. The molecule has 0 saturated carbocycles. The van der Waals surface area contributed by atoms with Gasteiger partial charge >= 0.3 is 0 Å². The SMILES string of the molecule is CC(O)CCCn1ccc(N)n1. The third kappa shape index (κ3) is 2.92. The number of rotatable bonds is 4. The van der Waals surface area contributed by atoms with E-state index in [1.54, 1.807) is 17.7 Å².